The number of benzene rings is 2. The summed E-state index contributed by atoms with van der Waals surface area (Å²) in [6.45, 7) is 1.64. The van der Waals surface area contributed by atoms with Gasteiger partial charge in [-0.05, 0) is 55.8 Å². The van der Waals surface area contributed by atoms with Gasteiger partial charge in [-0.2, -0.15) is 0 Å². The predicted octanol–water partition coefficient (Wildman–Crippen LogP) is 4.87. The molecule has 1 saturated heterocycles. The number of ether oxygens (including phenoxy) is 1. The molecular formula is C22H22ClF4NO3. The van der Waals surface area contributed by atoms with Crippen molar-refractivity contribution in [3.05, 3.63) is 77.1 Å². The summed E-state index contributed by atoms with van der Waals surface area (Å²) in [6, 6.07) is 5.42. The van der Waals surface area contributed by atoms with Crippen LogP contribution < -0.4 is 0 Å². The number of aliphatic carboxylic acids is 1. The second kappa shape index (κ2) is 11.2. The maximum absolute atomic E-state index is 14.3. The highest BCUT2D eigenvalue weighted by atomic mass is 35.5. The van der Waals surface area contributed by atoms with Gasteiger partial charge < -0.3 is 9.84 Å². The van der Waals surface area contributed by atoms with Crippen molar-refractivity contribution >= 4 is 23.9 Å². The average Bonchev–Trinajstić information content (AvgIpc) is 2.72. The molecule has 0 amide bonds. The van der Waals surface area contributed by atoms with Gasteiger partial charge in [0.1, 0.15) is 29.9 Å². The van der Waals surface area contributed by atoms with Crippen LogP contribution in [-0.4, -0.2) is 42.2 Å². The molecule has 0 radical (unpaired) electrons. The van der Waals surface area contributed by atoms with Crippen LogP contribution in [0.5, 0.6) is 0 Å². The number of carbonyl (C=O) groups is 1. The van der Waals surface area contributed by atoms with E-state index in [0.29, 0.717) is 19.5 Å². The molecule has 1 heterocycles. The van der Waals surface area contributed by atoms with E-state index in [1.807, 2.05) is 4.90 Å². The van der Waals surface area contributed by atoms with Gasteiger partial charge >= 0.3 is 5.97 Å². The maximum Gasteiger partial charge on any atom is 0.307 e. The van der Waals surface area contributed by atoms with E-state index in [0.717, 1.165) is 55.6 Å². The Morgan fingerprint density at radius 3 is 2.19 bits per heavy atom. The van der Waals surface area contributed by atoms with E-state index < -0.39 is 35.2 Å². The minimum atomic E-state index is -0.842. The second-order valence-corrected chi connectivity index (χ2v) is 7.13. The third-order valence-electron chi connectivity index (χ3n) is 5.02. The summed E-state index contributed by atoms with van der Waals surface area (Å²) in [5, 5.41) is 9.15. The lowest BCUT2D eigenvalue weighted by atomic mass is 9.98. The summed E-state index contributed by atoms with van der Waals surface area (Å²) in [4.78, 5) is 13.1. The normalized spacial score (nSPS) is 16.3. The highest BCUT2D eigenvalue weighted by Crippen LogP contribution is 2.29. The number of hydrogen-bond donors (Lipinski definition) is 1. The van der Waals surface area contributed by atoms with Crippen LogP contribution in [0, 0.1) is 29.2 Å². The molecule has 0 bridgehead atoms. The Bertz CT molecular complexity index is 901. The summed E-state index contributed by atoms with van der Waals surface area (Å²) in [6.07, 6.45) is 2.45. The summed E-state index contributed by atoms with van der Waals surface area (Å²) >= 11 is 0. The van der Waals surface area contributed by atoms with Gasteiger partial charge in [0.25, 0.3) is 0 Å². The Labute approximate surface area is 183 Å². The van der Waals surface area contributed by atoms with Crippen LogP contribution in [0.2, 0.25) is 0 Å². The molecule has 1 fully saturated rings. The van der Waals surface area contributed by atoms with Gasteiger partial charge in [-0.3, -0.25) is 9.69 Å². The molecule has 4 nitrogen and oxygen atoms in total. The summed E-state index contributed by atoms with van der Waals surface area (Å²) in [5.41, 5.74) is -0.655. The molecule has 0 spiro atoms. The fourth-order valence-electron chi connectivity index (χ4n) is 3.46. The highest BCUT2D eigenvalue weighted by molar-refractivity contribution is 5.85. The molecule has 0 aliphatic carbocycles. The largest absolute Gasteiger partial charge is 0.499 e. The van der Waals surface area contributed by atoms with Crippen molar-refractivity contribution in [1.82, 2.24) is 4.90 Å². The number of halogens is 5. The van der Waals surface area contributed by atoms with Crippen LogP contribution in [0.25, 0.3) is 5.57 Å². The Hall–Kier alpha value is -2.58. The molecule has 168 valence electrons. The lowest BCUT2D eigenvalue weighted by Crippen LogP contribution is -2.40. The number of rotatable bonds is 7. The molecule has 1 N–H and O–H groups in total. The minimum absolute atomic E-state index is 0. The van der Waals surface area contributed by atoms with Crippen LogP contribution in [0.4, 0.5) is 17.6 Å². The van der Waals surface area contributed by atoms with E-state index >= 15 is 0 Å². The van der Waals surface area contributed by atoms with E-state index in [9.17, 15) is 22.4 Å². The molecule has 0 aromatic heterocycles. The van der Waals surface area contributed by atoms with E-state index in [1.54, 1.807) is 0 Å². The number of nitrogens with zero attached hydrogens (tertiary/aromatic N) is 1. The number of carboxylic acids is 1. The van der Waals surface area contributed by atoms with Gasteiger partial charge in [0.05, 0.1) is 12.2 Å². The summed E-state index contributed by atoms with van der Waals surface area (Å²) < 4.78 is 61.4. The number of piperidine rings is 1. The molecular weight excluding hydrogens is 438 g/mol. The zero-order valence-corrected chi connectivity index (χ0v) is 17.3. The lowest BCUT2D eigenvalue weighted by molar-refractivity contribution is -0.143. The first-order valence-corrected chi connectivity index (χ1v) is 9.53. The van der Waals surface area contributed by atoms with Gasteiger partial charge in [0.2, 0.25) is 0 Å². The maximum atomic E-state index is 14.3. The zero-order chi connectivity index (χ0) is 21.7. The molecule has 1 aliphatic heterocycles. The molecule has 1 aliphatic rings. The van der Waals surface area contributed by atoms with E-state index in [1.165, 1.54) is 0 Å². The van der Waals surface area contributed by atoms with E-state index in [-0.39, 0.29) is 35.7 Å². The van der Waals surface area contributed by atoms with Gasteiger partial charge in [-0.1, -0.05) is 0 Å². The zero-order valence-electron chi connectivity index (χ0n) is 16.5. The Balaban J connectivity index is 0.00000341. The van der Waals surface area contributed by atoms with Crippen LogP contribution in [-0.2, 0) is 9.53 Å². The van der Waals surface area contributed by atoms with Crippen molar-refractivity contribution in [3.63, 3.8) is 0 Å². The minimum Gasteiger partial charge on any atom is -0.499 e. The molecule has 1 unspecified atom stereocenters. The molecule has 2 aromatic carbocycles. The van der Waals surface area contributed by atoms with Crippen LogP contribution in [0.15, 0.2) is 42.7 Å². The first-order valence-electron chi connectivity index (χ1n) is 9.53. The van der Waals surface area contributed by atoms with E-state index in [4.69, 9.17) is 9.84 Å². The third kappa shape index (κ3) is 6.45. The van der Waals surface area contributed by atoms with Crippen LogP contribution in [0.1, 0.15) is 24.0 Å². The van der Waals surface area contributed by atoms with Crippen LogP contribution >= 0.6 is 12.4 Å². The van der Waals surface area contributed by atoms with E-state index in [2.05, 4.69) is 0 Å². The third-order valence-corrected chi connectivity index (χ3v) is 5.02. The number of hydrogen-bond acceptors (Lipinski definition) is 3. The molecule has 9 heteroatoms. The van der Waals surface area contributed by atoms with Gasteiger partial charge in [0.15, 0.2) is 0 Å². The SMILES string of the molecule is Cl.O=C(O)C1CCCN(CCOC=C(c2cc(F)ccc2F)c2cc(F)ccc2F)C1. The topological polar surface area (TPSA) is 49.8 Å². The van der Waals surface area contributed by atoms with Gasteiger partial charge in [-0.25, -0.2) is 17.6 Å². The average molecular weight is 460 g/mol. The number of carboxylic acid groups (broad SMARTS) is 1. The molecule has 31 heavy (non-hydrogen) atoms. The van der Waals surface area contributed by atoms with Crippen molar-refractivity contribution in [3.8, 4) is 0 Å². The Morgan fingerprint density at radius 1 is 1.06 bits per heavy atom. The van der Waals surface area contributed by atoms with Crippen molar-refractivity contribution in [2.75, 3.05) is 26.2 Å². The first-order chi connectivity index (χ1) is 14.3. The summed E-state index contributed by atoms with van der Waals surface area (Å²) in [7, 11) is 0. The molecule has 1 atom stereocenters. The number of likely N-dealkylation sites (tertiary alicyclic amines) is 1. The van der Waals surface area contributed by atoms with Gasteiger partial charge in [-0.15, -0.1) is 12.4 Å². The fraction of sp³-hybridized carbons (Fsp3) is 0.318. The van der Waals surface area contributed by atoms with Gasteiger partial charge in [0, 0.05) is 29.8 Å². The second-order valence-electron chi connectivity index (χ2n) is 7.13. The standard InChI is InChI=1S/C22H21F4NO3.ClH/c23-15-3-5-20(25)17(10-15)19(18-11-16(24)4-6-21(18)26)13-30-9-8-27-7-1-2-14(12-27)22(28)29;/h3-6,10-11,13-14H,1-2,7-9,12H2,(H,28,29);1H. The van der Waals surface area contributed by atoms with Crippen molar-refractivity contribution < 1.29 is 32.2 Å². The van der Waals surface area contributed by atoms with Crippen molar-refractivity contribution in [1.29, 1.82) is 0 Å². The van der Waals surface area contributed by atoms with Crippen molar-refractivity contribution in [2.45, 2.75) is 12.8 Å². The Kier molecular flexibility index (Phi) is 8.88. The molecule has 3 rings (SSSR count). The monoisotopic (exact) mass is 459 g/mol. The molecule has 2 aromatic rings. The highest BCUT2D eigenvalue weighted by Gasteiger charge is 2.25. The quantitative estimate of drug-likeness (QED) is 0.365. The smallest absolute Gasteiger partial charge is 0.307 e. The first kappa shape index (κ1) is 24.7. The fourth-order valence-corrected chi connectivity index (χ4v) is 3.46. The Morgan fingerprint density at radius 2 is 1.65 bits per heavy atom. The predicted molar refractivity (Wildman–Crippen MR) is 110 cm³/mol. The lowest BCUT2D eigenvalue weighted by Gasteiger charge is -2.30. The van der Waals surface area contributed by atoms with Crippen LogP contribution in [0.3, 0.4) is 0 Å². The molecule has 0 saturated carbocycles. The van der Waals surface area contributed by atoms with Crippen molar-refractivity contribution in [2.24, 2.45) is 5.92 Å². The summed E-state index contributed by atoms with van der Waals surface area (Å²) in [5.74, 6) is -4.37.